The minimum atomic E-state index is -0.531. The lowest BCUT2D eigenvalue weighted by Crippen LogP contribution is -2.23. The molecule has 1 aliphatic carbocycles. The van der Waals surface area contributed by atoms with Crippen LogP contribution in [0.25, 0.3) is 11.0 Å². The topological polar surface area (TPSA) is 71.3 Å². The van der Waals surface area contributed by atoms with Gasteiger partial charge in [0.2, 0.25) is 5.91 Å². The fourth-order valence-corrected chi connectivity index (χ4v) is 4.05. The van der Waals surface area contributed by atoms with Crippen molar-refractivity contribution in [2.45, 2.75) is 38.5 Å². The number of carbonyl (C=O) groups excluding carboxylic acids is 1. The van der Waals surface area contributed by atoms with Gasteiger partial charge in [-0.2, -0.15) is 0 Å². The van der Waals surface area contributed by atoms with E-state index in [4.69, 9.17) is 4.42 Å². The van der Waals surface area contributed by atoms with E-state index in [0.29, 0.717) is 17.2 Å². The number of anilines is 2. The van der Waals surface area contributed by atoms with Crippen LogP contribution in [-0.2, 0) is 11.2 Å². The predicted octanol–water partition coefficient (Wildman–Crippen LogP) is 4.97. The van der Waals surface area contributed by atoms with Crippen molar-refractivity contribution in [2.24, 2.45) is 5.92 Å². The summed E-state index contributed by atoms with van der Waals surface area (Å²) >= 11 is 0. The third kappa shape index (κ3) is 4.67. The van der Waals surface area contributed by atoms with Gasteiger partial charge in [0, 0.05) is 11.9 Å². The first-order valence-electron chi connectivity index (χ1n) is 10.3. The average molecular weight is 390 g/mol. The molecule has 3 aromatic rings. The van der Waals surface area contributed by atoms with Crippen molar-refractivity contribution in [3.05, 3.63) is 70.6 Å². The maximum absolute atomic E-state index is 12.7. The highest BCUT2D eigenvalue weighted by Gasteiger charge is 2.19. The standard InChI is InChI=1S/C24H26N2O3/c27-21(15-17-9-3-1-4-10-17)26-23-22(25-16-18-11-5-2-6-12-18)19-13-7-8-14-20(19)29-24(23)28/h1,3-4,7-10,13-14,18,25H,2,5-6,11-12,15-16H2,(H,26,27). The average Bonchev–Trinajstić information content (AvgIpc) is 2.75. The molecule has 29 heavy (non-hydrogen) atoms. The van der Waals surface area contributed by atoms with Gasteiger partial charge in [-0.1, -0.05) is 61.7 Å². The Morgan fingerprint density at radius 1 is 0.931 bits per heavy atom. The van der Waals surface area contributed by atoms with E-state index in [-0.39, 0.29) is 18.0 Å². The number of nitrogens with one attached hydrogen (secondary N) is 2. The van der Waals surface area contributed by atoms with Crippen LogP contribution in [0.1, 0.15) is 37.7 Å². The molecule has 1 fully saturated rings. The molecule has 2 N–H and O–H groups in total. The molecule has 0 aliphatic heterocycles. The van der Waals surface area contributed by atoms with Gasteiger partial charge in [-0.25, -0.2) is 4.79 Å². The van der Waals surface area contributed by atoms with Crippen molar-refractivity contribution < 1.29 is 9.21 Å². The molecule has 0 bridgehead atoms. The Hall–Kier alpha value is -3.08. The van der Waals surface area contributed by atoms with E-state index in [1.54, 1.807) is 6.07 Å². The second-order valence-electron chi connectivity index (χ2n) is 7.73. The summed E-state index contributed by atoms with van der Waals surface area (Å²) in [5.74, 6) is 0.349. The summed E-state index contributed by atoms with van der Waals surface area (Å²) < 4.78 is 5.47. The van der Waals surface area contributed by atoms with Gasteiger partial charge >= 0.3 is 5.63 Å². The number of hydrogen-bond acceptors (Lipinski definition) is 4. The maximum Gasteiger partial charge on any atom is 0.362 e. The largest absolute Gasteiger partial charge is 0.421 e. The van der Waals surface area contributed by atoms with Crippen molar-refractivity contribution in [3.63, 3.8) is 0 Å². The number of hydrogen-bond donors (Lipinski definition) is 2. The molecule has 5 nitrogen and oxygen atoms in total. The summed E-state index contributed by atoms with van der Waals surface area (Å²) in [6.45, 7) is 0.787. The zero-order chi connectivity index (χ0) is 20.1. The maximum atomic E-state index is 12.7. The third-order valence-electron chi connectivity index (χ3n) is 5.58. The van der Waals surface area contributed by atoms with Crippen molar-refractivity contribution >= 4 is 28.3 Å². The first-order chi connectivity index (χ1) is 14.2. The lowest BCUT2D eigenvalue weighted by atomic mass is 9.89. The minimum Gasteiger partial charge on any atom is -0.421 e. The molecule has 0 saturated heterocycles. The molecule has 1 aliphatic rings. The molecule has 2 aromatic carbocycles. The summed E-state index contributed by atoms with van der Waals surface area (Å²) in [6, 6.07) is 16.9. The van der Waals surface area contributed by atoms with E-state index in [1.165, 1.54) is 32.1 Å². The van der Waals surface area contributed by atoms with Crippen LogP contribution in [0, 0.1) is 5.92 Å². The van der Waals surface area contributed by atoms with Gasteiger partial charge < -0.3 is 15.1 Å². The zero-order valence-electron chi connectivity index (χ0n) is 16.4. The second-order valence-corrected chi connectivity index (χ2v) is 7.73. The molecule has 1 saturated carbocycles. The van der Waals surface area contributed by atoms with Crippen molar-refractivity contribution in [1.29, 1.82) is 0 Å². The molecule has 1 amide bonds. The van der Waals surface area contributed by atoms with E-state index in [0.717, 1.165) is 17.5 Å². The van der Waals surface area contributed by atoms with E-state index in [2.05, 4.69) is 10.6 Å². The highest BCUT2D eigenvalue weighted by Crippen LogP contribution is 2.30. The Balaban J connectivity index is 1.61. The smallest absolute Gasteiger partial charge is 0.362 e. The summed E-state index contributed by atoms with van der Waals surface area (Å²) in [5.41, 5.74) is 1.73. The van der Waals surface area contributed by atoms with Crippen LogP contribution in [0.3, 0.4) is 0 Å². The molecule has 0 atom stereocenters. The lowest BCUT2D eigenvalue weighted by Gasteiger charge is -2.23. The predicted molar refractivity (Wildman–Crippen MR) is 116 cm³/mol. The first kappa shape index (κ1) is 19.2. The summed E-state index contributed by atoms with van der Waals surface area (Å²) in [7, 11) is 0. The molecular formula is C24H26N2O3. The molecule has 1 heterocycles. The van der Waals surface area contributed by atoms with Gasteiger partial charge in [0.15, 0.2) is 5.69 Å². The van der Waals surface area contributed by atoms with Crippen molar-refractivity contribution in [2.75, 3.05) is 17.2 Å². The number of para-hydroxylation sites is 1. The summed E-state index contributed by atoms with van der Waals surface area (Å²) in [6.07, 6.45) is 6.41. The van der Waals surface area contributed by atoms with Crippen LogP contribution in [0.15, 0.2) is 63.8 Å². The first-order valence-corrected chi connectivity index (χ1v) is 10.3. The fraction of sp³-hybridized carbons (Fsp3) is 0.333. The van der Waals surface area contributed by atoms with Crippen LogP contribution in [0.2, 0.25) is 0 Å². The molecule has 0 radical (unpaired) electrons. The SMILES string of the molecule is O=C(Cc1ccccc1)Nc1c(NCC2CCCCC2)c2ccccc2oc1=O. The van der Waals surface area contributed by atoms with E-state index >= 15 is 0 Å². The molecule has 1 aromatic heterocycles. The number of benzene rings is 2. The molecule has 4 rings (SSSR count). The normalized spacial score (nSPS) is 14.6. The zero-order valence-corrected chi connectivity index (χ0v) is 16.4. The van der Waals surface area contributed by atoms with Crippen molar-refractivity contribution in [3.8, 4) is 0 Å². The quantitative estimate of drug-likeness (QED) is 0.583. The van der Waals surface area contributed by atoms with Crippen LogP contribution >= 0.6 is 0 Å². The second kappa shape index (κ2) is 8.95. The van der Waals surface area contributed by atoms with Crippen LogP contribution < -0.4 is 16.3 Å². The molecule has 150 valence electrons. The molecule has 0 spiro atoms. The Kier molecular flexibility index (Phi) is 5.94. The Labute approximate surface area is 170 Å². The van der Waals surface area contributed by atoms with Gasteiger partial charge in [-0.05, 0) is 36.5 Å². The van der Waals surface area contributed by atoms with Gasteiger partial charge in [0.1, 0.15) is 5.58 Å². The minimum absolute atomic E-state index is 0.195. The number of amides is 1. The molecule has 5 heteroatoms. The van der Waals surface area contributed by atoms with Gasteiger partial charge in [0.25, 0.3) is 0 Å². The monoisotopic (exact) mass is 390 g/mol. The molecular weight excluding hydrogens is 364 g/mol. The van der Waals surface area contributed by atoms with Crippen LogP contribution in [-0.4, -0.2) is 12.5 Å². The lowest BCUT2D eigenvalue weighted by molar-refractivity contribution is -0.115. The summed E-state index contributed by atoms with van der Waals surface area (Å²) in [4.78, 5) is 25.3. The van der Waals surface area contributed by atoms with Crippen LogP contribution in [0.4, 0.5) is 11.4 Å². The van der Waals surface area contributed by atoms with Crippen molar-refractivity contribution in [1.82, 2.24) is 0 Å². The highest BCUT2D eigenvalue weighted by atomic mass is 16.4. The van der Waals surface area contributed by atoms with Crippen LogP contribution in [0.5, 0.6) is 0 Å². The van der Waals surface area contributed by atoms with Gasteiger partial charge in [-0.15, -0.1) is 0 Å². The van der Waals surface area contributed by atoms with E-state index in [9.17, 15) is 9.59 Å². The highest BCUT2D eigenvalue weighted by molar-refractivity contribution is 6.02. The number of rotatable bonds is 6. The Morgan fingerprint density at radius 2 is 1.66 bits per heavy atom. The summed E-state index contributed by atoms with van der Waals surface area (Å²) in [5, 5.41) is 7.06. The Bertz CT molecular complexity index is 1040. The van der Waals surface area contributed by atoms with E-state index < -0.39 is 5.63 Å². The molecule has 0 unspecified atom stereocenters. The fourth-order valence-electron chi connectivity index (χ4n) is 4.05. The van der Waals surface area contributed by atoms with E-state index in [1.807, 2.05) is 48.5 Å². The van der Waals surface area contributed by atoms with Gasteiger partial charge in [-0.3, -0.25) is 4.79 Å². The Morgan fingerprint density at radius 3 is 2.45 bits per heavy atom. The number of fused-ring (bicyclic) bond motifs is 1. The van der Waals surface area contributed by atoms with Gasteiger partial charge in [0.05, 0.1) is 12.1 Å². The number of carbonyl (C=O) groups is 1. The third-order valence-corrected chi connectivity index (χ3v) is 5.58.